The molecule has 0 spiro atoms. The molecule has 0 aromatic carbocycles. The van der Waals surface area contributed by atoms with Gasteiger partial charge in [-0.05, 0) is 62.2 Å². The molecule has 0 amide bonds. The van der Waals surface area contributed by atoms with E-state index >= 15 is 0 Å². The van der Waals surface area contributed by atoms with E-state index in [0.29, 0.717) is 0 Å². The average molecular weight is 240 g/mol. The second kappa shape index (κ2) is 7.03. The molecule has 4 aliphatic carbocycles. The summed E-state index contributed by atoms with van der Waals surface area (Å²) in [5.74, 6) is 3.96. The van der Waals surface area contributed by atoms with E-state index in [-0.39, 0.29) is 6.42 Å². The minimum absolute atomic E-state index is 0.222. The Bertz CT molecular complexity index is 179. The van der Waals surface area contributed by atoms with E-state index in [2.05, 4.69) is 0 Å². The van der Waals surface area contributed by atoms with Gasteiger partial charge in [-0.2, -0.15) is 0 Å². The first-order valence-electron chi connectivity index (χ1n) is 7.39. The molecule has 0 atom stereocenters. The van der Waals surface area contributed by atoms with Crippen LogP contribution in [0.1, 0.15) is 65.7 Å². The minimum atomic E-state index is -0.745. The summed E-state index contributed by atoms with van der Waals surface area (Å²) < 4.78 is 0. The number of carboxylic acids is 1. The quantitative estimate of drug-likeness (QED) is 0.740. The van der Waals surface area contributed by atoms with Crippen molar-refractivity contribution in [2.45, 2.75) is 65.7 Å². The fourth-order valence-electron chi connectivity index (χ4n) is 3.98. The molecule has 4 bridgehead atoms. The molecule has 0 aromatic rings. The summed E-state index contributed by atoms with van der Waals surface area (Å²) in [5.41, 5.74) is 0. The standard InChI is InChI=1S/C10H16.C3H6O2.C2H6/c1-7-2-9-4-8(1)5-10(3-7)6-9;1-2-3(4)5;1-2/h7-10H,1-6H2;2H2,1H3,(H,4,5);1-2H3. The van der Waals surface area contributed by atoms with Crippen LogP contribution < -0.4 is 0 Å². The van der Waals surface area contributed by atoms with Crippen molar-refractivity contribution in [2.24, 2.45) is 23.7 Å². The van der Waals surface area contributed by atoms with Gasteiger partial charge in [0.1, 0.15) is 0 Å². The second-order valence-corrected chi connectivity index (χ2v) is 5.63. The Labute approximate surface area is 106 Å². The van der Waals surface area contributed by atoms with Crippen molar-refractivity contribution in [3.05, 3.63) is 0 Å². The fourth-order valence-corrected chi connectivity index (χ4v) is 3.98. The smallest absolute Gasteiger partial charge is 0.303 e. The van der Waals surface area contributed by atoms with E-state index in [1.165, 1.54) is 23.7 Å². The third kappa shape index (κ3) is 4.33. The Morgan fingerprint density at radius 2 is 1.06 bits per heavy atom. The monoisotopic (exact) mass is 240 g/mol. The van der Waals surface area contributed by atoms with E-state index in [1.807, 2.05) is 13.8 Å². The highest BCUT2D eigenvalue weighted by Crippen LogP contribution is 2.53. The van der Waals surface area contributed by atoms with Crippen LogP contribution in [0.3, 0.4) is 0 Å². The normalized spacial score (nSPS) is 36.4. The maximum Gasteiger partial charge on any atom is 0.303 e. The van der Waals surface area contributed by atoms with E-state index in [1.54, 1.807) is 45.4 Å². The number of carboxylic acid groups (broad SMARTS) is 1. The molecular weight excluding hydrogens is 212 g/mol. The molecule has 4 fully saturated rings. The van der Waals surface area contributed by atoms with Gasteiger partial charge in [0.05, 0.1) is 0 Å². The zero-order valence-corrected chi connectivity index (χ0v) is 11.6. The van der Waals surface area contributed by atoms with E-state index in [0.717, 1.165) is 0 Å². The van der Waals surface area contributed by atoms with Crippen LogP contribution in [-0.4, -0.2) is 11.1 Å². The zero-order chi connectivity index (χ0) is 12.8. The molecule has 0 aliphatic heterocycles. The predicted octanol–water partition coefficient (Wildman–Crippen LogP) is 4.34. The number of rotatable bonds is 1. The lowest BCUT2D eigenvalue weighted by atomic mass is 9.56. The molecular formula is C15H28O2. The van der Waals surface area contributed by atoms with Gasteiger partial charge < -0.3 is 5.11 Å². The van der Waals surface area contributed by atoms with Gasteiger partial charge >= 0.3 is 5.97 Å². The van der Waals surface area contributed by atoms with Crippen LogP contribution in [0.4, 0.5) is 0 Å². The summed E-state index contributed by atoms with van der Waals surface area (Å²) in [6.07, 6.45) is 9.85. The van der Waals surface area contributed by atoms with E-state index in [4.69, 9.17) is 5.11 Å². The summed E-state index contributed by atoms with van der Waals surface area (Å²) in [6.45, 7) is 5.60. The molecule has 1 N–H and O–H groups in total. The molecule has 0 radical (unpaired) electrons. The van der Waals surface area contributed by atoms with Crippen LogP contribution in [0.2, 0.25) is 0 Å². The predicted molar refractivity (Wildman–Crippen MR) is 70.9 cm³/mol. The summed E-state index contributed by atoms with van der Waals surface area (Å²) in [5, 5.41) is 7.72. The molecule has 2 nitrogen and oxygen atoms in total. The summed E-state index contributed by atoms with van der Waals surface area (Å²) in [4.78, 5) is 9.37. The highest BCUT2D eigenvalue weighted by molar-refractivity contribution is 5.66. The number of hydrogen-bond acceptors (Lipinski definition) is 1. The maximum atomic E-state index is 9.37. The van der Waals surface area contributed by atoms with Gasteiger partial charge in [0.2, 0.25) is 0 Å². The van der Waals surface area contributed by atoms with Gasteiger partial charge in [-0.25, -0.2) is 0 Å². The van der Waals surface area contributed by atoms with Crippen molar-refractivity contribution in [1.29, 1.82) is 0 Å². The lowest BCUT2D eigenvalue weighted by Crippen LogP contribution is -2.38. The van der Waals surface area contributed by atoms with Gasteiger partial charge in [0, 0.05) is 6.42 Å². The lowest BCUT2D eigenvalue weighted by molar-refractivity contribution is -0.136. The van der Waals surface area contributed by atoms with Crippen LogP contribution in [0.5, 0.6) is 0 Å². The molecule has 0 saturated heterocycles. The van der Waals surface area contributed by atoms with Gasteiger partial charge in [-0.3, -0.25) is 4.79 Å². The van der Waals surface area contributed by atoms with Crippen molar-refractivity contribution < 1.29 is 9.90 Å². The Balaban J connectivity index is 0.000000180. The largest absolute Gasteiger partial charge is 0.481 e. The summed E-state index contributed by atoms with van der Waals surface area (Å²) >= 11 is 0. The van der Waals surface area contributed by atoms with Gasteiger partial charge in [0.15, 0.2) is 0 Å². The van der Waals surface area contributed by atoms with Gasteiger partial charge in [0.25, 0.3) is 0 Å². The average Bonchev–Trinajstić information content (AvgIpc) is 2.30. The van der Waals surface area contributed by atoms with Crippen LogP contribution in [0.15, 0.2) is 0 Å². The number of carbonyl (C=O) groups is 1. The topological polar surface area (TPSA) is 37.3 Å². The lowest BCUT2D eigenvalue weighted by Gasteiger charge is -2.49. The van der Waals surface area contributed by atoms with Crippen molar-refractivity contribution in [1.82, 2.24) is 0 Å². The molecule has 4 aliphatic rings. The first-order chi connectivity index (χ1) is 8.17. The molecule has 0 unspecified atom stereocenters. The highest BCUT2D eigenvalue weighted by atomic mass is 16.4. The van der Waals surface area contributed by atoms with Gasteiger partial charge in [-0.1, -0.05) is 20.8 Å². The van der Waals surface area contributed by atoms with E-state index in [9.17, 15) is 4.79 Å². The Morgan fingerprint density at radius 1 is 0.882 bits per heavy atom. The molecule has 2 heteroatoms. The fraction of sp³-hybridized carbons (Fsp3) is 0.933. The van der Waals surface area contributed by atoms with Crippen molar-refractivity contribution in [3.8, 4) is 0 Å². The van der Waals surface area contributed by atoms with Crippen LogP contribution >= 0.6 is 0 Å². The van der Waals surface area contributed by atoms with Crippen molar-refractivity contribution in [2.75, 3.05) is 0 Å². The molecule has 17 heavy (non-hydrogen) atoms. The Morgan fingerprint density at radius 3 is 1.18 bits per heavy atom. The molecule has 4 rings (SSSR count). The Hall–Kier alpha value is -0.530. The first-order valence-corrected chi connectivity index (χ1v) is 7.39. The third-order valence-corrected chi connectivity index (χ3v) is 4.30. The minimum Gasteiger partial charge on any atom is -0.481 e. The molecule has 0 heterocycles. The first kappa shape index (κ1) is 14.5. The highest BCUT2D eigenvalue weighted by Gasteiger charge is 2.41. The zero-order valence-electron chi connectivity index (χ0n) is 11.6. The Kier molecular flexibility index (Phi) is 6.01. The number of aliphatic carboxylic acids is 1. The maximum absolute atomic E-state index is 9.37. The molecule has 0 aromatic heterocycles. The van der Waals surface area contributed by atoms with E-state index < -0.39 is 5.97 Å². The van der Waals surface area contributed by atoms with Crippen LogP contribution in [0, 0.1) is 23.7 Å². The second-order valence-electron chi connectivity index (χ2n) is 5.63. The van der Waals surface area contributed by atoms with Crippen molar-refractivity contribution >= 4 is 5.97 Å². The van der Waals surface area contributed by atoms with Crippen LogP contribution in [-0.2, 0) is 4.79 Å². The van der Waals surface area contributed by atoms with Crippen LogP contribution in [0.25, 0.3) is 0 Å². The summed E-state index contributed by atoms with van der Waals surface area (Å²) in [7, 11) is 0. The number of hydrogen-bond donors (Lipinski definition) is 1. The SMILES string of the molecule is C1C2CC3CC1CC(C2)C3.CC.CCC(=O)O. The summed E-state index contributed by atoms with van der Waals surface area (Å²) in [6, 6.07) is 0. The van der Waals surface area contributed by atoms with Gasteiger partial charge in [-0.15, -0.1) is 0 Å². The molecule has 4 saturated carbocycles. The van der Waals surface area contributed by atoms with Crippen molar-refractivity contribution in [3.63, 3.8) is 0 Å². The molecule has 100 valence electrons. The third-order valence-electron chi connectivity index (χ3n) is 4.30.